The SMILES string of the molecule is CN1C(=O)C[C@H](NS(=O)(=O)c2ccc(NCC(O)CN3CCOCC3)nc2)[C@H]1c1ccnn1C. The summed E-state index contributed by atoms with van der Waals surface area (Å²) in [6.07, 6.45) is 2.34. The molecule has 2 aliphatic rings. The molecule has 186 valence electrons. The molecule has 34 heavy (non-hydrogen) atoms. The third kappa shape index (κ3) is 5.55. The number of hydrogen-bond donors (Lipinski definition) is 3. The van der Waals surface area contributed by atoms with Crippen molar-refractivity contribution in [1.82, 2.24) is 29.3 Å². The van der Waals surface area contributed by atoms with Crippen molar-refractivity contribution in [1.29, 1.82) is 0 Å². The summed E-state index contributed by atoms with van der Waals surface area (Å²) in [5, 5.41) is 17.4. The second kappa shape index (κ2) is 10.4. The quantitative estimate of drug-likeness (QED) is 0.408. The van der Waals surface area contributed by atoms with Crippen molar-refractivity contribution in [3.8, 4) is 0 Å². The van der Waals surface area contributed by atoms with E-state index >= 15 is 0 Å². The molecular weight excluding hydrogens is 462 g/mol. The Hall–Kier alpha value is -2.58. The Bertz CT molecular complexity index is 1090. The minimum Gasteiger partial charge on any atom is -0.390 e. The summed E-state index contributed by atoms with van der Waals surface area (Å²) in [6.45, 7) is 3.73. The minimum absolute atomic E-state index is 0.00215. The van der Waals surface area contributed by atoms with Crippen LogP contribution in [0.5, 0.6) is 0 Å². The number of morpholine rings is 1. The van der Waals surface area contributed by atoms with Crippen molar-refractivity contribution in [3.63, 3.8) is 0 Å². The first-order chi connectivity index (χ1) is 16.2. The van der Waals surface area contributed by atoms with Crippen LogP contribution in [0, 0.1) is 0 Å². The summed E-state index contributed by atoms with van der Waals surface area (Å²) in [5.74, 6) is 0.315. The monoisotopic (exact) mass is 493 g/mol. The number of carbonyl (C=O) groups is 1. The molecule has 3 N–H and O–H groups in total. The van der Waals surface area contributed by atoms with E-state index in [2.05, 4.69) is 25.0 Å². The van der Waals surface area contributed by atoms with Crippen LogP contribution >= 0.6 is 0 Å². The van der Waals surface area contributed by atoms with Crippen molar-refractivity contribution >= 4 is 21.7 Å². The molecule has 4 heterocycles. The van der Waals surface area contributed by atoms with Crippen LogP contribution < -0.4 is 10.0 Å². The Morgan fingerprint density at radius 2 is 2.00 bits per heavy atom. The number of nitrogens with zero attached hydrogens (tertiary/aromatic N) is 5. The van der Waals surface area contributed by atoms with Crippen LogP contribution in [0.2, 0.25) is 0 Å². The molecule has 0 saturated carbocycles. The van der Waals surface area contributed by atoms with Gasteiger partial charge in [0.2, 0.25) is 15.9 Å². The van der Waals surface area contributed by atoms with E-state index < -0.39 is 28.2 Å². The Morgan fingerprint density at radius 1 is 1.24 bits per heavy atom. The predicted octanol–water partition coefficient (Wildman–Crippen LogP) is -0.830. The van der Waals surface area contributed by atoms with Gasteiger partial charge in [-0.3, -0.25) is 14.4 Å². The zero-order valence-corrected chi connectivity index (χ0v) is 20.1. The standard InChI is InChI=1S/C21H31N7O5S/c1-26-20(30)11-17(21(26)18-5-6-24-27(18)2)25-34(31,32)16-3-4-19(23-13-16)22-12-15(29)14-28-7-9-33-10-8-28/h3-6,13,15,17,21,25,29H,7-12,14H2,1-2H3,(H,22,23)/t15?,17-,21-/m0/s1. The summed E-state index contributed by atoms with van der Waals surface area (Å²) < 4.78 is 35.6. The van der Waals surface area contributed by atoms with Gasteiger partial charge < -0.3 is 20.1 Å². The summed E-state index contributed by atoms with van der Waals surface area (Å²) in [5.41, 5.74) is 0.745. The Balaban J connectivity index is 1.37. The first kappa shape index (κ1) is 24.5. The highest BCUT2D eigenvalue weighted by atomic mass is 32.2. The fraction of sp³-hybridized carbons (Fsp3) is 0.571. The molecule has 1 amide bonds. The van der Waals surface area contributed by atoms with Gasteiger partial charge in [-0.05, 0) is 18.2 Å². The number of hydrogen-bond acceptors (Lipinski definition) is 9. The number of aliphatic hydroxyl groups excluding tert-OH is 1. The molecular formula is C21H31N7O5S. The third-order valence-electron chi connectivity index (χ3n) is 6.19. The van der Waals surface area contributed by atoms with Crippen molar-refractivity contribution in [2.75, 3.05) is 51.8 Å². The second-order valence-electron chi connectivity index (χ2n) is 8.59. The lowest BCUT2D eigenvalue weighted by molar-refractivity contribution is -0.127. The number of nitrogens with one attached hydrogen (secondary N) is 2. The van der Waals surface area contributed by atoms with Crippen LogP contribution in [0.4, 0.5) is 5.82 Å². The predicted molar refractivity (Wildman–Crippen MR) is 123 cm³/mol. The fourth-order valence-electron chi connectivity index (χ4n) is 4.33. The number of likely N-dealkylation sites (tertiary alicyclic amines) is 1. The van der Waals surface area contributed by atoms with Gasteiger partial charge in [0.25, 0.3) is 0 Å². The van der Waals surface area contributed by atoms with Gasteiger partial charge in [-0.15, -0.1) is 0 Å². The van der Waals surface area contributed by atoms with E-state index in [0.29, 0.717) is 25.6 Å². The van der Waals surface area contributed by atoms with E-state index in [9.17, 15) is 18.3 Å². The number of β-amino-alcohol motifs (C(OH)–C–C–N with tert-alkyl or cyclic N) is 1. The zero-order chi connectivity index (χ0) is 24.3. The van der Waals surface area contributed by atoms with Crippen LogP contribution in [0.25, 0.3) is 0 Å². The van der Waals surface area contributed by atoms with Crippen molar-refractivity contribution in [2.24, 2.45) is 7.05 Å². The molecule has 0 spiro atoms. The number of aryl methyl sites for hydroxylation is 1. The molecule has 13 heteroatoms. The van der Waals surface area contributed by atoms with Crippen LogP contribution in [0.3, 0.4) is 0 Å². The van der Waals surface area contributed by atoms with Crippen LogP contribution in [-0.2, 0) is 26.6 Å². The molecule has 2 aromatic rings. The van der Waals surface area contributed by atoms with Gasteiger partial charge >= 0.3 is 0 Å². The molecule has 1 unspecified atom stereocenters. The Labute approximate surface area is 198 Å². The van der Waals surface area contributed by atoms with Crippen molar-refractivity contribution in [3.05, 3.63) is 36.3 Å². The number of aromatic nitrogens is 3. The first-order valence-electron chi connectivity index (χ1n) is 11.2. The number of carbonyl (C=O) groups excluding carboxylic acids is 1. The number of pyridine rings is 1. The number of rotatable bonds is 9. The molecule has 2 saturated heterocycles. The number of amides is 1. The average Bonchev–Trinajstić information content (AvgIpc) is 3.34. The largest absolute Gasteiger partial charge is 0.390 e. The van der Waals surface area contributed by atoms with Crippen LogP contribution in [-0.4, -0.2) is 103 Å². The van der Waals surface area contributed by atoms with Crippen LogP contribution in [0.1, 0.15) is 18.2 Å². The number of anilines is 1. The Morgan fingerprint density at radius 3 is 2.65 bits per heavy atom. The molecule has 4 rings (SSSR count). The average molecular weight is 494 g/mol. The molecule has 12 nitrogen and oxygen atoms in total. The van der Waals surface area contributed by atoms with Crippen molar-refractivity contribution in [2.45, 2.75) is 29.5 Å². The van der Waals surface area contributed by atoms with E-state index in [-0.39, 0.29) is 23.8 Å². The number of likely N-dealkylation sites (N-methyl/N-ethyl adjacent to an activating group) is 1. The lowest BCUT2D eigenvalue weighted by atomic mass is 10.1. The Kier molecular flexibility index (Phi) is 7.48. The maximum atomic E-state index is 13.0. The molecule has 2 aliphatic heterocycles. The smallest absolute Gasteiger partial charge is 0.242 e. The summed E-state index contributed by atoms with van der Waals surface area (Å²) in [4.78, 5) is 20.2. The van der Waals surface area contributed by atoms with E-state index in [1.165, 1.54) is 17.2 Å². The fourth-order valence-corrected chi connectivity index (χ4v) is 5.52. The van der Waals surface area contributed by atoms with Gasteiger partial charge in [-0.2, -0.15) is 5.10 Å². The molecule has 0 aliphatic carbocycles. The molecule has 2 fully saturated rings. The summed E-state index contributed by atoms with van der Waals surface area (Å²) >= 11 is 0. The zero-order valence-electron chi connectivity index (χ0n) is 19.3. The normalized spacial score (nSPS) is 22.8. The number of ether oxygens (including phenoxy) is 1. The third-order valence-corrected chi connectivity index (χ3v) is 7.67. The topological polar surface area (TPSA) is 142 Å². The highest BCUT2D eigenvalue weighted by molar-refractivity contribution is 7.89. The maximum Gasteiger partial charge on any atom is 0.242 e. The number of aliphatic hydroxyl groups is 1. The highest BCUT2D eigenvalue weighted by Crippen LogP contribution is 2.32. The molecule has 0 aromatic carbocycles. The van der Waals surface area contributed by atoms with Gasteiger partial charge in [-0.1, -0.05) is 0 Å². The summed E-state index contributed by atoms with van der Waals surface area (Å²) in [6, 6.07) is 3.69. The molecule has 0 bridgehead atoms. The van der Waals surface area contributed by atoms with E-state index in [4.69, 9.17) is 4.74 Å². The summed E-state index contributed by atoms with van der Waals surface area (Å²) in [7, 11) is -0.500. The molecule has 3 atom stereocenters. The minimum atomic E-state index is -3.91. The lowest BCUT2D eigenvalue weighted by Gasteiger charge is -2.28. The van der Waals surface area contributed by atoms with Gasteiger partial charge in [0, 0.05) is 59.1 Å². The van der Waals surface area contributed by atoms with E-state index in [1.807, 2.05) is 0 Å². The second-order valence-corrected chi connectivity index (χ2v) is 10.3. The van der Waals surface area contributed by atoms with E-state index in [1.54, 1.807) is 37.1 Å². The lowest BCUT2D eigenvalue weighted by Crippen LogP contribution is -2.42. The molecule has 2 aromatic heterocycles. The van der Waals surface area contributed by atoms with Gasteiger partial charge in [-0.25, -0.2) is 18.1 Å². The first-order valence-corrected chi connectivity index (χ1v) is 12.7. The van der Waals surface area contributed by atoms with Gasteiger partial charge in [0.1, 0.15) is 10.7 Å². The number of sulfonamides is 1. The van der Waals surface area contributed by atoms with Crippen molar-refractivity contribution < 1.29 is 23.1 Å². The van der Waals surface area contributed by atoms with Gasteiger partial charge in [0.05, 0.1) is 37.1 Å². The maximum absolute atomic E-state index is 13.0. The highest BCUT2D eigenvalue weighted by Gasteiger charge is 2.42. The van der Waals surface area contributed by atoms with E-state index in [0.717, 1.165) is 18.8 Å². The van der Waals surface area contributed by atoms with Crippen LogP contribution in [0.15, 0.2) is 35.5 Å². The van der Waals surface area contributed by atoms with Gasteiger partial charge in [0.15, 0.2) is 0 Å². The molecule has 0 radical (unpaired) electrons.